The van der Waals surface area contributed by atoms with Crippen molar-refractivity contribution in [3.63, 3.8) is 0 Å². The number of amides is 2. The molecule has 0 aromatic heterocycles. The molecule has 2 amide bonds. The van der Waals surface area contributed by atoms with E-state index in [0.717, 1.165) is 12.8 Å². The maximum atomic E-state index is 12.2. The van der Waals surface area contributed by atoms with Crippen molar-refractivity contribution < 1.29 is 14.3 Å². The number of nitrogens with two attached hydrogens (primary N) is 2. The van der Waals surface area contributed by atoms with Crippen molar-refractivity contribution in [3.8, 4) is 0 Å². The van der Waals surface area contributed by atoms with E-state index in [4.69, 9.17) is 16.2 Å². The lowest BCUT2D eigenvalue weighted by molar-refractivity contribution is -0.137. The Morgan fingerprint density at radius 2 is 1.96 bits per heavy atom. The number of rotatable bonds is 11. The monoisotopic (exact) mass is 351 g/mol. The fourth-order valence-corrected chi connectivity index (χ4v) is 2.41. The van der Waals surface area contributed by atoms with Crippen molar-refractivity contribution >= 4 is 24.2 Å². The van der Waals surface area contributed by atoms with Crippen LogP contribution < -0.4 is 22.1 Å². The lowest BCUT2D eigenvalue weighted by Crippen LogP contribution is -2.49. The van der Waals surface area contributed by atoms with Crippen LogP contribution in [0.25, 0.3) is 0 Å². The first-order chi connectivity index (χ1) is 10.7. The Bertz CT molecular complexity index is 346. The van der Waals surface area contributed by atoms with Gasteiger partial charge in [-0.3, -0.25) is 9.59 Å². The highest BCUT2D eigenvalue weighted by atomic mass is 35.5. The van der Waals surface area contributed by atoms with E-state index in [9.17, 15) is 9.59 Å². The Balaban J connectivity index is 0.00000484. The fourth-order valence-electron chi connectivity index (χ4n) is 2.41. The van der Waals surface area contributed by atoms with E-state index < -0.39 is 0 Å². The third-order valence-electron chi connectivity index (χ3n) is 3.52. The summed E-state index contributed by atoms with van der Waals surface area (Å²) in [4.78, 5) is 26.0. The van der Waals surface area contributed by atoms with Crippen LogP contribution in [0.15, 0.2) is 0 Å². The van der Waals surface area contributed by atoms with Crippen LogP contribution in [0.4, 0.5) is 0 Å². The Morgan fingerprint density at radius 1 is 1.17 bits per heavy atom. The molecular formula is C14H30ClN5O3. The maximum absolute atomic E-state index is 12.2. The first-order valence-corrected chi connectivity index (χ1v) is 7.96. The number of carbonyl (C=O) groups excluding carboxylic acids is 2. The Hall–Kier alpha value is -0.930. The summed E-state index contributed by atoms with van der Waals surface area (Å²) in [5.74, 6) is -0.141. The molecule has 0 saturated carbocycles. The third-order valence-corrected chi connectivity index (χ3v) is 3.52. The molecule has 1 aliphatic heterocycles. The molecule has 136 valence electrons. The minimum Gasteiger partial charge on any atom is -0.378 e. The van der Waals surface area contributed by atoms with E-state index in [0.29, 0.717) is 52.4 Å². The largest absolute Gasteiger partial charge is 0.378 e. The summed E-state index contributed by atoms with van der Waals surface area (Å²) in [5, 5.41) is 5.86. The number of nitrogens with one attached hydrogen (secondary N) is 2. The van der Waals surface area contributed by atoms with E-state index in [1.165, 1.54) is 0 Å². The maximum Gasteiger partial charge on any atom is 0.242 e. The fraction of sp³-hybridized carbons (Fsp3) is 0.857. The van der Waals surface area contributed by atoms with Gasteiger partial charge in [0.15, 0.2) is 0 Å². The van der Waals surface area contributed by atoms with Gasteiger partial charge in [0, 0.05) is 19.6 Å². The average molecular weight is 352 g/mol. The lowest BCUT2D eigenvalue weighted by atomic mass is 10.2. The van der Waals surface area contributed by atoms with Gasteiger partial charge >= 0.3 is 0 Å². The molecule has 0 aliphatic carbocycles. The Kier molecular flexibility index (Phi) is 13.0. The second-order valence-corrected chi connectivity index (χ2v) is 5.26. The Labute approximate surface area is 144 Å². The molecule has 0 radical (unpaired) electrons. The predicted octanol–water partition coefficient (Wildman–Crippen LogP) is -1.57. The van der Waals surface area contributed by atoms with E-state index in [2.05, 4.69) is 10.6 Å². The first kappa shape index (κ1) is 22.1. The van der Waals surface area contributed by atoms with Crippen LogP contribution in [-0.4, -0.2) is 75.2 Å². The van der Waals surface area contributed by atoms with Gasteiger partial charge in [0.1, 0.15) is 6.04 Å². The van der Waals surface area contributed by atoms with E-state index in [1.54, 1.807) is 4.90 Å². The van der Waals surface area contributed by atoms with Gasteiger partial charge < -0.3 is 31.7 Å². The summed E-state index contributed by atoms with van der Waals surface area (Å²) in [6.07, 6.45) is 2.40. The quantitative estimate of drug-likeness (QED) is 0.333. The zero-order valence-corrected chi connectivity index (χ0v) is 14.4. The summed E-state index contributed by atoms with van der Waals surface area (Å²) in [5.41, 5.74) is 10.7. The van der Waals surface area contributed by atoms with E-state index in [1.807, 2.05) is 0 Å². The summed E-state index contributed by atoms with van der Waals surface area (Å²) in [7, 11) is 0. The molecule has 0 bridgehead atoms. The van der Waals surface area contributed by atoms with Gasteiger partial charge in [0.25, 0.3) is 0 Å². The molecule has 0 aromatic carbocycles. The minimum atomic E-state index is -0.363. The highest BCUT2D eigenvalue weighted by Gasteiger charge is 2.33. The van der Waals surface area contributed by atoms with Crippen LogP contribution >= 0.6 is 12.4 Å². The zero-order chi connectivity index (χ0) is 16.2. The molecule has 9 heteroatoms. The molecule has 1 heterocycles. The molecule has 1 aliphatic rings. The minimum absolute atomic E-state index is 0. The van der Waals surface area contributed by atoms with Gasteiger partial charge in [-0.25, -0.2) is 0 Å². The van der Waals surface area contributed by atoms with Gasteiger partial charge in [0.05, 0.1) is 19.8 Å². The molecule has 0 aromatic rings. The zero-order valence-electron chi connectivity index (χ0n) is 13.6. The normalized spacial score (nSPS) is 17.0. The summed E-state index contributed by atoms with van der Waals surface area (Å²) >= 11 is 0. The molecule has 1 fully saturated rings. The highest BCUT2D eigenvalue weighted by Crippen LogP contribution is 2.17. The summed E-state index contributed by atoms with van der Waals surface area (Å²) < 4.78 is 5.21. The molecule has 0 unspecified atom stereocenters. The van der Waals surface area contributed by atoms with Gasteiger partial charge in [-0.15, -0.1) is 12.4 Å². The van der Waals surface area contributed by atoms with E-state index >= 15 is 0 Å². The third kappa shape index (κ3) is 8.47. The topological polar surface area (TPSA) is 123 Å². The van der Waals surface area contributed by atoms with Crippen LogP contribution in [0.5, 0.6) is 0 Å². The number of hydrogen-bond donors (Lipinski definition) is 4. The van der Waals surface area contributed by atoms with Crippen molar-refractivity contribution in [1.82, 2.24) is 15.5 Å². The molecule has 23 heavy (non-hydrogen) atoms. The smallest absolute Gasteiger partial charge is 0.242 e. The van der Waals surface area contributed by atoms with E-state index in [-0.39, 0.29) is 36.8 Å². The molecule has 1 atom stereocenters. The lowest BCUT2D eigenvalue weighted by Gasteiger charge is -2.24. The van der Waals surface area contributed by atoms with Gasteiger partial charge in [-0.2, -0.15) is 0 Å². The number of likely N-dealkylation sites (tertiary alicyclic amines) is 1. The van der Waals surface area contributed by atoms with Crippen LogP contribution in [0.3, 0.4) is 0 Å². The average Bonchev–Trinajstić information content (AvgIpc) is 3.00. The highest BCUT2D eigenvalue weighted by molar-refractivity contribution is 5.88. The number of carbonyl (C=O) groups is 2. The van der Waals surface area contributed by atoms with Crippen molar-refractivity contribution in [3.05, 3.63) is 0 Å². The summed E-state index contributed by atoms with van der Waals surface area (Å²) in [6, 6.07) is -0.363. The number of halogens is 1. The van der Waals surface area contributed by atoms with Crippen LogP contribution in [0.1, 0.15) is 19.3 Å². The number of hydrogen-bond acceptors (Lipinski definition) is 6. The second kappa shape index (κ2) is 13.5. The van der Waals surface area contributed by atoms with Crippen molar-refractivity contribution in [1.29, 1.82) is 0 Å². The van der Waals surface area contributed by atoms with Crippen molar-refractivity contribution in [2.24, 2.45) is 11.5 Å². The van der Waals surface area contributed by atoms with Gasteiger partial charge in [-0.1, -0.05) is 0 Å². The Morgan fingerprint density at radius 3 is 2.65 bits per heavy atom. The van der Waals surface area contributed by atoms with Crippen molar-refractivity contribution in [2.45, 2.75) is 25.3 Å². The van der Waals surface area contributed by atoms with Crippen LogP contribution in [0.2, 0.25) is 0 Å². The molecule has 6 N–H and O–H groups in total. The molecule has 8 nitrogen and oxygen atoms in total. The summed E-state index contributed by atoms with van der Waals surface area (Å²) in [6.45, 7) is 4.03. The number of ether oxygens (including phenoxy) is 1. The molecule has 1 rings (SSSR count). The predicted molar refractivity (Wildman–Crippen MR) is 91.4 cm³/mol. The standard InChI is InChI=1S/C14H29N5O3.ClH/c15-4-2-6-17-11-13(20)19-8-1-3-12(19)14(21)18-7-10-22-9-5-16;/h12,17H,1-11,15-16H2,(H,18,21);1H/t12-;/m0./s1. The number of nitrogens with zero attached hydrogens (tertiary/aromatic N) is 1. The van der Waals surface area contributed by atoms with Gasteiger partial charge in [-0.05, 0) is 32.4 Å². The molecule has 1 saturated heterocycles. The van der Waals surface area contributed by atoms with Crippen LogP contribution in [0, 0.1) is 0 Å². The SMILES string of the molecule is Cl.NCCCNCC(=O)N1CCC[C@H]1C(=O)NCCOCCN. The molecular weight excluding hydrogens is 322 g/mol. The first-order valence-electron chi connectivity index (χ1n) is 7.96. The van der Waals surface area contributed by atoms with Crippen molar-refractivity contribution in [2.75, 3.05) is 52.5 Å². The van der Waals surface area contributed by atoms with Gasteiger partial charge in [0.2, 0.25) is 11.8 Å². The second-order valence-electron chi connectivity index (χ2n) is 5.26. The molecule has 0 spiro atoms. The van der Waals surface area contributed by atoms with Crippen LogP contribution in [-0.2, 0) is 14.3 Å².